The van der Waals surface area contributed by atoms with Crippen molar-refractivity contribution in [3.63, 3.8) is 0 Å². The first-order valence-corrected chi connectivity index (χ1v) is 6.52. The molecule has 0 saturated heterocycles. The topological polar surface area (TPSA) is 68.9 Å². The summed E-state index contributed by atoms with van der Waals surface area (Å²) in [6, 6.07) is 5.55. The van der Waals surface area contributed by atoms with E-state index in [9.17, 15) is 0 Å². The molecule has 0 radical (unpaired) electrons. The molecule has 1 saturated carbocycles. The van der Waals surface area contributed by atoms with E-state index in [1.807, 2.05) is 18.2 Å². The Bertz CT molecular complexity index is 456. The van der Waals surface area contributed by atoms with E-state index < -0.39 is 0 Å². The highest BCUT2D eigenvalue weighted by molar-refractivity contribution is 5.92. The number of guanidine groups is 1. The number of nitrogens with one attached hydrogen (secondary N) is 1. The summed E-state index contributed by atoms with van der Waals surface area (Å²) in [5, 5.41) is 3.05. The molecule has 1 aliphatic rings. The van der Waals surface area contributed by atoms with Crippen molar-refractivity contribution in [2.75, 3.05) is 26.1 Å². The number of nitrogens with zero attached hydrogens (tertiary/aromatic N) is 1. The van der Waals surface area contributed by atoms with Crippen LogP contribution in [0.1, 0.15) is 19.3 Å². The molecule has 0 aliphatic heterocycles. The highest BCUT2D eigenvalue weighted by Gasteiger charge is 2.20. The fraction of sp³-hybridized carbons (Fsp3) is 0.500. The van der Waals surface area contributed by atoms with Gasteiger partial charge in [-0.15, -0.1) is 0 Å². The molecular weight excluding hydrogens is 242 g/mol. The van der Waals surface area contributed by atoms with Gasteiger partial charge in [0.1, 0.15) is 0 Å². The van der Waals surface area contributed by atoms with E-state index in [4.69, 9.17) is 15.2 Å². The van der Waals surface area contributed by atoms with Crippen molar-refractivity contribution in [1.82, 2.24) is 0 Å². The lowest BCUT2D eigenvalue weighted by Gasteiger charge is -2.10. The number of methoxy groups -OCH3 is 2. The molecule has 1 aromatic carbocycles. The Morgan fingerprint density at radius 3 is 2.68 bits per heavy atom. The molecule has 19 heavy (non-hydrogen) atoms. The van der Waals surface area contributed by atoms with Gasteiger partial charge in [-0.25, -0.2) is 0 Å². The molecule has 0 unspecified atom stereocenters. The summed E-state index contributed by atoms with van der Waals surface area (Å²) in [5.41, 5.74) is 6.68. The monoisotopic (exact) mass is 263 g/mol. The number of aliphatic imine (C=N–C) groups is 1. The zero-order chi connectivity index (χ0) is 13.7. The lowest BCUT2D eigenvalue weighted by Crippen LogP contribution is -2.22. The Morgan fingerprint density at radius 2 is 2.05 bits per heavy atom. The molecule has 0 atom stereocenters. The van der Waals surface area contributed by atoms with Crippen molar-refractivity contribution in [3.8, 4) is 11.5 Å². The molecule has 0 amide bonds. The maximum Gasteiger partial charge on any atom is 0.193 e. The molecule has 1 aromatic rings. The molecule has 0 spiro atoms. The van der Waals surface area contributed by atoms with Crippen LogP contribution in [0.15, 0.2) is 23.2 Å². The normalized spacial score (nSPS) is 15.2. The van der Waals surface area contributed by atoms with Gasteiger partial charge in [0.25, 0.3) is 0 Å². The van der Waals surface area contributed by atoms with Gasteiger partial charge in [0.2, 0.25) is 0 Å². The molecule has 5 heteroatoms. The summed E-state index contributed by atoms with van der Waals surface area (Å²) in [5.74, 6) is 2.67. The predicted octanol–water partition coefficient (Wildman–Crippen LogP) is 2.23. The van der Waals surface area contributed by atoms with E-state index in [1.54, 1.807) is 14.2 Å². The van der Waals surface area contributed by atoms with Crippen LogP contribution < -0.4 is 20.5 Å². The minimum atomic E-state index is 0.438. The average Bonchev–Trinajstić information content (AvgIpc) is 3.22. The van der Waals surface area contributed by atoms with Crippen molar-refractivity contribution >= 4 is 11.6 Å². The lowest BCUT2D eigenvalue weighted by atomic mass is 10.3. The molecule has 0 aromatic heterocycles. The Kier molecular flexibility index (Phi) is 4.49. The van der Waals surface area contributed by atoms with Crippen molar-refractivity contribution in [2.45, 2.75) is 19.3 Å². The van der Waals surface area contributed by atoms with Crippen molar-refractivity contribution in [3.05, 3.63) is 18.2 Å². The van der Waals surface area contributed by atoms with E-state index in [0.717, 1.165) is 24.6 Å². The number of hydrogen-bond acceptors (Lipinski definition) is 3. The third-order valence-corrected chi connectivity index (χ3v) is 3.17. The van der Waals surface area contributed by atoms with Crippen molar-refractivity contribution < 1.29 is 9.47 Å². The Balaban J connectivity index is 1.93. The predicted molar refractivity (Wildman–Crippen MR) is 77.0 cm³/mol. The van der Waals surface area contributed by atoms with Crippen LogP contribution in [0.4, 0.5) is 5.69 Å². The van der Waals surface area contributed by atoms with Gasteiger partial charge in [-0.05, 0) is 24.5 Å². The van der Waals surface area contributed by atoms with Gasteiger partial charge in [-0.1, -0.05) is 12.8 Å². The first-order valence-electron chi connectivity index (χ1n) is 6.52. The van der Waals surface area contributed by atoms with Gasteiger partial charge in [0.15, 0.2) is 17.5 Å². The summed E-state index contributed by atoms with van der Waals surface area (Å²) in [6.07, 6.45) is 3.82. The van der Waals surface area contributed by atoms with Crippen molar-refractivity contribution in [1.29, 1.82) is 0 Å². The summed E-state index contributed by atoms with van der Waals surface area (Å²) >= 11 is 0. The van der Waals surface area contributed by atoms with Crippen LogP contribution in [0.2, 0.25) is 0 Å². The summed E-state index contributed by atoms with van der Waals surface area (Å²) in [7, 11) is 3.22. The van der Waals surface area contributed by atoms with E-state index in [0.29, 0.717) is 17.5 Å². The van der Waals surface area contributed by atoms with E-state index in [1.165, 1.54) is 12.8 Å². The fourth-order valence-corrected chi connectivity index (χ4v) is 1.88. The van der Waals surface area contributed by atoms with Crippen LogP contribution in [-0.4, -0.2) is 26.7 Å². The molecule has 0 bridgehead atoms. The third-order valence-electron chi connectivity index (χ3n) is 3.17. The molecule has 1 aliphatic carbocycles. The van der Waals surface area contributed by atoms with E-state index in [2.05, 4.69) is 10.3 Å². The van der Waals surface area contributed by atoms with Crippen LogP contribution in [-0.2, 0) is 0 Å². The molecule has 5 nitrogen and oxygen atoms in total. The number of ether oxygens (including phenoxy) is 2. The fourth-order valence-electron chi connectivity index (χ4n) is 1.88. The smallest absolute Gasteiger partial charge is 0.193 e. The second-order valence-corrected chi connectivity index (χ2v) is 4.69. The van der Waals surface area contributed by atoms with Crippen LogP contribution in [0.25, 0.3) is 0 Å². The number of hydrogen-bond donors (Lipinski definition) is 2. The maximum atomic E-state index is 5.84. The highest BCUT2D eigenvalue weighted by Crippen LogP contribution is 2.32. The molecule has 104 valence electrons. The summed E-state index contributed by atoms with van der Waals surface area (Å²) < 4.78 is 10.4. The minimum absolute atomic E-state index is 0.438. The lowest BCUT2D eigenvalue weighted by molar-refractivity contribution is 0.355. The Labute approximate surface area is 113 Å². The van der Waals surface area contributed by atoms with Crippen LogP contribution in [0, 0.1) is 5.92 Å². The molecular formula is C14H21N3O2. The minimum Gasteiger partial charge on any atom is -0.493 e. The number of benzene rings is 1. The number of nitrogens with two attached hydrogens (primary N) is 1. The zero-order valence-electron chi connectivity index (χ0n) is 11.5. The first-order chi connectivity index (χ1) is 9.22. The second kappa shape index (κ2) is 6.31. The summed E-state index contributed by atoms with van der Waals surface area (Å²) in [4.78, 5) is 4.31. The third kappa shape index (κ3) is 4.05. The average molecular weight is 263 g/mol. The van der Waals surface area contributed by atoms with Crippen LogP contribution in [0.3, 0.4) is 0 Å². The quantitative estimate of drug-likeness (QED) is 0.610. The van der Waals surface area contributed by atoms with Gasteiger partial charge in [-0.2, -0.15) is 0 Å². The van der Waals surface area contributed by atoms with Gasteiger partial charge in [-0.3, -0.25) is 4.99 Å². The Morgan fingerprint density at radius 1 is 1.32 bits per heavy atom. The zero-order valence-corrected chi connectivity index (χ0v) is 11.5. The molecule has 2 rings (SSSR count). The molecule has 0 heterocycles. The molecule has 1 fully saturated rings. The molecule has 3 N–H and O–H groups in total. The highest BCUT2D eigenvalue weighted by atomic mass is 16.5. The number of anilines is 1. The van der Waals surface area contributed by atoms with Crippen LogP contribution >= 0.6 is 0 Å². The largest absolute Gasteiger partial charge is 0.493 e. The second-order valence-electron chi connectivity index (χ2n) is 4.69. The van der Waals surface area contributed by atoms with Crippen LogP contribution in [0.5, 0.6) is 11.5 Å². The van der Waals surface area contributed by atoms with Crippen molar-refractivity contribution in [2.24, 2.45) is 16.6 Å². The number of rotatable bonds is 6. The SMILES string of the molecule is COc1ccc(NC(N)=NCCC2CC2)cc1OC. The van der Waals surface area contributed by atoms with Gasteiger partial charge >= 0.3 is 0 Å². The van der Waals surface area contributed by atoms with Gasteiger partial charge in [0.05, 0.1) is 14.2 Å². The summed E-state index contributed by atoms with van der Waals surface area (Å²) in [6.45, 7) is 0.788. The standard InChI is InChI=1S/C14H21N3O2/c1-18-12-6-5-11(9-13(12)19-2)17-14(15)16-8-7-10-3-4-10/h5-6,9-10H,3-4,7-8H2,1-2H3,(H3,15,16,17). The van der Waals surface area contributed by atoms with Gasteiger partial charge in [0, 0.05) is 18.3 Å². The van der Waals surface area contributed by atoms with Gasteiger partial charge < -0.3 is 20.5 Å². The maximum absolute atomic E-state index is 5.84. The van der Waals surface area contributed by atoms with E-state index >= 15 is 0 Å². The van der Waals surface area contributed by atoms with E-state index in [-0.39, 0.29) is 0 Å². The first kappa shape index (κ1) is 13.5. The Hall–Kier alpha value is -1.91.